The zero-order chi connectivity index (χ0) is 8.55. The Labute approximate surface area is 73.0 Å². The summed E-state index contributed by atoms with van der Waals surface area (Å²) in [6.07, 6.45) is 1.36. The molecule has 1 N–H and O–H groups in total. The fraction of sp³-hybridized carbons (Fsp3) is 0. The van der Waals surface area contributed by atoms with E-state index < -0.39 is 0 Å². The quantitative estimate of drug-likeness (QED) is 0.669. The van der Waals surface area contributed by atoms with Crippen LogP contribution >= 0.6 is 11.6 Å². The van der Waals surface area contributed by atoms with Crippen molar-refractivity contribution in [1.82, 2.24) is 9.97 Å². The molecular formula is C8H5ClN2O. The summed E-state index contributed by atoms with van der Waals surface area (Å²) in [6, 6.07) is 5.17. The molecule has 0 radical (unpaired) electrons. The van der Waals surface area contributed by atoms with Crippen molar-refractivity contribution in [2.24, 2.45) is 0 Å². The normalized spacial score (nSPS) is 10.4. The number of hydrogen-bond acceptors (Lipinski definition) is 2. The first-order chi connectivity index (χ1) is 5.79. The van der Waals surface area contributed by atoms with Gasteiger partial charge in [-0.15, -0.1) is 0 Å². The van der Waals surface area contributed by atoms with E-state index in [0.717, 1.165) is 0 Å². The lowest BCUT2D eigenvalue weighted by Crippen LogP contribution is -2.06. The molecule has 0 atom stereocenters. The number of hydrogen-bond donors (Lipinski definition) is 1. The van der Waals surface area contributed by atoms with Gasteiger partial charge in [0.15, 0.2) is 0 Å². The van der Waals surface area contributed by atoms with E-state index in [1.54, 1.807) is 18.2 Å². The highest BCUT2D eigenvalue weighted by Gasteiger charge is 2.01. The van der Waals surface area contributed by atoms with Gasteiger partial charge in [-0.05, 0) is 12.1 Å². The third-order valence-electron chi connectivity index (χ3n) is 1.62. The summed E-state index contributed by atoms with van der Waals surface area (Å²) in [7, 11) is 0. The van der Waals surface area contributed by atoms with E-state index in [2.05, 4.69) is 9.97 Å². The number of halogens is 1. The van der Waals surface area contributed by atoms with E-state index in [4.69, 9.17) is 11.6 Å². The van der Waals surface area contributed by atoms with Gasteiger partial charge in [0.2, 0.25) is 0 Å². The van der Waals surface area contributed by atoms with E-state index in [9.17, 15) is 4.79 Å². The first-order valence-electron chi connectivity index (χ1n) is 3.41. The molecule has 0 unspecified atom stereocenters. The Morgan fingerprint density at radius 2 is 2.25 bits per heavy atom. The standard InChI is InChI=1S/C8H5ClN2O/c9-5-2-1-3-6-7(5)8(12)11-4-10-6/h1-4H,(H,10,11,12). The second-order valence-electron chi connectivity index (χ2n) is 2.37. The summed E-state index contributed by atoms with van der Waals surface area (Å²) in [5.74, 6) is 0. The predicted molar refractivity (Wildman–Crippen MR) is 47.4 cm³/mol. The maximum absolute atomic E-state index is 11.2. The van der Waals surface area contributed by atoms with Crippen molar-refractivity contribution in [3.05, 3.63) is 39.9 Å². The molecule has 0 saturated heterocycles. The number of H-pyrrole nitrogens is 1. The molecule has 0 amide bonds. The summed E-state index contributed by atoms with van der Waals surface area (Å²) in [4.78, 5) is 17.6. The number of rotatable bonds is 0. The molecule has 2 aromatic rings. The number of nitrogens with one attached hydrogen (secondary N) is 1. The zero-order valence-corrected chi connectivity index (χ0v) is 6.80. The average molecular weight is 181 g/mol. The smallest absolute Gasteiger partial charge is 0.260 e. The Kier molecular flexibility index (Phi) is 1.59. The van der Waals surface area contributed by atoms with Gasteiger partial charge in [-0.25, -0.2) is 4.98 Å². The molecule has 0 spiro atoms. The van der Waals surface area contributed by atoms with E-state index in [1.807, 2.05) is 0 Å². The Balaban J connectivity index is 3.07. The maximum Gasteiger partial charge on any atom is 0.260 e. The van der Waals surface area contributed by atoms with Crippen molar-refractivity contribution in [2.45, 2.75) is 0 Å². The summed E-state index contributed by atoms with van der Waals surface area (Å²) in [6.45, 7) is 0. The number of benzene rings is 1. The van der Waals surface area contributed by atoms with Crippen LogP contribution < -0.4 is 5.56 Å². The molecule has 1 aromatic heterocycles. The minimum Gasteiger partial charge on any atom is -0.313 e. The van der Waals surface area contributed by atoms with E-state index >= 15 is 0 Å². The molecule has 12 heavy (non-hydrogen) atoms. The number of fused-ring (bicyclic) bond motifs is 1. The van der Waals surface area contributed by atoms with Crippen LogP contribution in [0, 0.1) is 0 Å². The molecule has 2 rings (SSSR count). The van der Waals surface area contributed by atoms with Gasteiger partial charge in [0.05, 0.1) is 22.3 Å². The highest BCUT2D eigenvalue weighted by Crippen LogP contribution is 2.16. The number of aromatic amines is 1. The Morgan fingerprint density at radius 3 is 3.00 bits per heavy atom. The number of aromatic nitrogens is 2. The van der Waals surface area contributed by atoms with Gasteiger partial charge in [-0.3, -0.25) is 4.79 Å². The van der Waals surface area contributed by atoms with Crippen molar-refractivity contribution < 1.29 is 0 Å². The van der Waals surface area contributed by atoms with Gasteiger partial charge in [0, 0.05) is 0 Å². The Bertz CT molecular complexity index is 472. The first kappa shape index (κ1) is 7.31. The lowest BCUT2D eigenvalue weighted by Gasteiger charge is -1.95. The first-order valence-corrected chi connectivity index (χ1v) is 3.79. The van der Waals surface area contributed by atoms with Gasteiger partial charge in [-0.2, -0.15) is 0 Å². The summed E-state index contributed by atoms with van der Waals surface area (Å²) >= 11 is 5.80. The predicted octanol–water partition coefficient (Wildman–Crippen LogP) is 1.58. The fourth-order valence-corrected chi connectivity index (χ4v) is 1.33. The van der Waals surface area contributed by atoms with Gasteiger partial charge >= 0.3 is 0 Å². The van der Waals surface area contributed by atoms with E-state index in [-0.39, 0.29) is 5.56 Å². The van der Waals surface area contributed by atoms with Crippen LogP contribution in [0.5, 0.6) is 0 Å². The molecule has 4 heteroatoms. The zero-order valence-electron chi connectivity index (χ0n) is 6.04. The lowest BCUT2D eigenvalue weighted by atomic mass is 10.2. The monoisotopic (exact) mass is 180 g/mol. The highest BCUT2D eigenvalue weighted by atomic mass is 35.5. The van der Waals surface area contributed by atoms with Crippen molar-refractivity contribution in [3.8, 4) is 0 Å². The van der Waals surface area contributed by atoms with Crippen molar-refractivity contribution in [2.75, 3.05) is 0 Å². The van der Waals surface area contributed by atoms with Gasteiger partial charge in [-0.1, -0.05) is 17.7 Å². The number of nitrogens with zero attached hydrogens (tertiary/aromatic N) is 1. The lowest BCUT2D eigenvalue weighted by molar-refractivity contribution is 1.17. The summed E-state index contributed by atoms with van der Waals surface area (Å²) in [5, 5.41) is 0.878. The van der Waals surface area contributed by atoms with Gasteiger partial charge < -0.3 is 4.98 Å². The molecule has 0 aliphatic heterocycles. The van der Waals surface area contributed by atoms with Crippen LogP contribution in [0.4, 0.5) is 0 Å². The summed E-state index contributed by atoms with van der Waals surface area (Å²) in [5.41, 5.74) is 0.414. The molecule has 0 aliphatic rings. The van der Waals surface area contributed by atoms with Crippen LogP contribution in [0.25, 0.3) is 10.9 Å². The van der Waals surface area contributed by atoms with Gasteiger partial charge in [0.25, 0.3) is 5.56 Å². The average Bonchev–Trinajstić information content (AvgIpc) is 2.04. The molecule has 3 nitrogen and oxygen atoms in total. The third-order valence-corrected chi connectivity index (χ3v) is 1.93. The van der Waals surface area contributed by atoms with Crippen molar-refractivity contribution in [1.29, 1.82) is 0 Å². The van der Waals surface area contributed by atoms with Crippen LogP contribution in [-0.2, 0) is 0 Å². The van der Waals surface area contributed by atoms with Gasteiger partial charge in [0.1, 0.15) is 0 Å². The van der Waals surface area contributed by atoms with E-state index in [1.165, 1.54) is 6.33 Å². The SMILES string of the molecule is O=c1[nH]cnc2cccc(Cl)c12. The maximum atomic E-state index is 11.2. The van der Waals surface area contributed by atoms with Crippen LogP contribution in [0.15, 0.2) is 29.3 Å². The fourth-order valence-electron chi connectivity index (χ4n) is 1.08. The minimum absolute atomic E-state index is 0.203. The summed E-state index contributed by atoms with van der Waals surface area (Å²) < 4.78 is 0. The minimum atomic E-state index is -0.203. The second-order valence-corrected chi connectivity index (χ2v) is 2.77. The topological polar surface area (TPSA) is 45.8 Å². The Hall–Kier alpha value is -1.35. The molecule has 0 saturated carbocycles. The van der Waals surface area contributed by atoms with Crippen LogP contribution in [0.2, 0.25) is 5.02 Å². The molecule has 0 fully saturated rings. The van der Waals surface area contributed by atoms with Crippen LogP contribution in [-0.4, -0.2) is 9.97 Å². The third kappa shape index (κ3) is 0.987. The van der Waals surface area contributed by atoms with Crippen molar-refractivity contribution >= 4 is 22.5 Å². The molecule has 0 aliphatic carbocycles. The van der Waals surface area contributed by atoms with Crippen LogP contribution in [0.1, 0.15) is 0 Å². The van der Waals surface area contributed by atoms with Crippen molar-refractivity contribution in [3.63, 3.8) is 0 Å². The Morgan fingerprint density at radius 1 is 1.42 bits per heavy atom. The second kappa shape index (κ2) is 2.60. The molecule has 0 bridgehead atoms. The molecule has 1 heterocycles. The highest BCUT2D eigenvalue weighted by molar-refractivity contribution is 6.35. The largest absolute Gasteiger partial charge is 0.313 e. The molecule has 60 valence electrons. The molecule has 1 aromatic carbocycles. The molecular weight excluding hydrogens is 176 g/mol. The van der Waals surface area contributed by atoms with Crippen LogP contribution in [0.3, 0.4) is 0 Å². The van der Waals surface area contributed by atoms with E-state index in [0.29, 0.717) is 15.9 Å².